The number of nitrogens with one attached hydrogen (secondary N) is 3. The molecule has 0 bridgehead atoms. The highest BCUT2D eigenvalue weighted by molar-refractivity contribution is 5.97. The lowest BCUT2D eigenvalue weighted by atomic mass is 10.0. The minimum absolute atomic E-state index is 0.335. The van der Waals surface area contributed by atoms with E-state index in [1.165, 1.54) is 30.2 Å². The number of halogens is 1. The standard InChI is InChI=1S/C23H26FN7.C2H6/c1-13-11-31(6-5-25-13)17-9-18(14-3-4-14)21-20(10-17)27-28-23(21)26-16-7-15-12-30(2)29-22(15)19(24)8-16;1-2/h7-10,12-14,25H,3-6,11H2,1-2H3,(H2,26,27,28);1-2H3. The van der Waals surface area contributed by atoms with Crippen molar-refractivity contribution in [3.63, 3.8) is 0 Å². The molecule has 2 aromatic carbocycles. The zero-order valence-corrected chi connectivity index (χ0v) is 19.7. The predicted octanol–water partition coefficient (Wildman–Crippen LogP) is 5.03. The van der Waals surface area contributed by atoms with Crippen LogP contribution >= 0.6 is 0 Å². The number of anilines is 3. The first-order valence-electron chi connectivity index (χ1n) is 12.0. The zero-order chi connectivity index (χ0) is 23.1. The third-order valence-electron chi connectivity index (χ3n) is 6.37. The van der Waals surface area contributed by atoms with Crippen LogP contribution in [-0.4, -0.2) is 45.7 Å². The molecule has 174 valence electrons. The van der Waals surface area contributed by atoms with Gasteiger partial charge < -0.3 is 15.5 Å². The van der Waals surface area contributed by atoms with Crippen LogP contribution in [0.4, 0.5) is 21.6 Å². The average molecular weight is 450 g/mol. The van der Waals surface area contributed by atoms with Gasteiger partial charge in [0.25, 0.3) is 0 Å². The van der Waals surface area contributed by atoms with Gasteiger partial charge in [0.15, 0.2) is 11.6 Å². The fourth-order valence-corrected chi connectivity index (χ4v) is 4.75. The van der Waals surface area contributed by atoms with Gasteiger partial charge in [0.05, 0.1) is 5.52 Å². The lowest BCUT2D eigenvalue weighted by Crippen LogP contribution is -2.49. The molecular weight excluding hydrogens is 417 g/mol. The minimum Gasteiger partial charge on any atom is -0.369 e. The Hall–Kier alpha value is -3.13. The van der Waals surface area contributed by atoms with E-state index >= 15 is 0 Å². The van der Waals surface area contributed by atoms with Gasteiger partial charge in [-0.15, -0.1) is 0 Å². The van der Waals surface area contributed by atoms with E-state index in [1.807, 2.05) is 26.1 Å². The van der Waals surface area contributed by atoms with Crippen LogP contribution in [-0.2, 0) is 7.05 Å². The monoisotopic (exact) mass is 449 g/mol. The van der Waals surface area contributed by atoms with Crippen molar-refractivity contribution in [2.45, 2.75) is 45.6 Å². The Kier molecular flexibility index (Phi) is 5.70. The van der Waals surface area contributed by atoms with Crippen LogP contribution in [0.3, 0.4) is 0 Å². The van der Waals surface area contributed by atoms with Crippen molar-refractivity contribution < 1.29 is 4.39 Å². The second-order valence-electron chi connectivity index (χ2n) is 8.93. The Morgan fingerprint density at radius 1 is 1.15 bits per heavy atom. The lowest BCUT2D eigenvalue weighted by Gasteiger charge is -2.34. The molecule has 1 saturated heterocycles. The number of aryl methyl sites for hydroxylation is 1. The molecule has 1 unspecified atom stereocenters. The summed E-state index contributed by atoms with van der Waals surface area (Å²) in [4.78, 5) is 2.45. The van der Waals surface area contributed by atoms with Gasteiger partial charge in [0.2, 0.25) is 0 Å². The lowest BCUT2D eigenvalue weighted by molar-refractivity contribution is 0.485. The molecule has 3 N–H and O–H groups in total. The van der Waals surface area contributed by atoms with Gasteiger partial charge in [0.1, 0.15) is 5.52 Å². The Labute approximate surface area is 193 Å². The molecule has 1 aliphatic heterocycles. The number of aromatic amines is 1. The molecule has 2 aliphatic rings. The number of hydrogen-bond acceptors (Lipinski definition) is 5. The third-order valence-corrected chi connectivity index (χ3v) is 6.37. The van der Waals surface area contributed by atoms with Crippen molar-refractivity contribution in [3.8, 4) is 0 Å². The van der Waals surface area contributed by atoms with E-state index in [-0.39, 0.29) is 5.82 Å². The Bertz CT molecular complexity index is 1290. The van der Waals surface area contributed by atoms with Crippen LogP contribution in [0.1, 0.15) is 45.1 Å². The molecule has 4 aromatic rings. The molecule has 7 nitrogen and oxygen atoms in total. The van der Waals surface area contributed by atoms with Crippen molar-refractivity contribution in [2.24, 2.45) is 7.05 Å². The summed E-state index contributed by atoms with van der Waals surface area (Å²) in [6.45, 7) is 9.22. The summed E-state index contributed by atoms with van der Waals surface area (Å²) in [5.41, 5.74) is 4.66. The van der Waals surface area contributed by atoms with Crippen LogP contribution in [0.5, 0.6) is 0 Å². The number of aromatic nitrogens is 4. The molecule has 6 rings (SSSR count). The molecule has 2 aromatic heterocycles. The molecule has 1 saturated carbocycles. The quantitative estimate of drug-likeness (QED) is 0.407. The van der Waals surface area contributed by atoms with Crippen LogP contribution in [0.25, 0.3) is 21.8 Å². The summed E-state index contributed by atoms with van der Waals surface area (Å²) in [5, 5.41) is 20.7. The highest BCUT2D eigenvalue weighted by Crippen LogP contribution is 2.46. The first-order chi connectivity index (χ1) is 16.0. The van der Waals surface area contributed by atoms with Gasteiger partial charge in [-0.05, 0) is 55.5 Å². The smallest absolute Gasteiger partial charge is 0.160 e. The van der Waals surface area contributed by atoms with Crippen molar-refractivity contribution in [1.82, 2.24) is 25.3 Å². The maximum absolute atomic E-state index is 14.6. The van der Waals surface area contributed by atoms with Gasteiger partial charge in [-0.25, -0.2) is 4.39 Å². The Morgan fingerprint density at radius 2 is 1.97 bits per heavy atom. The van der Waals surface area contributed by atoms with Gasteiger partial charge in [-0.3, -0.25) is 9.78 Å². The fourth-order valence-electron chi connectivity index (χ4n) is 4.75. The number of fused-ring (bicyclic) bond motifs is 2. The first kappa shape index (κ1) is 21.7. The van der Waals surface area contributed by atoms with Crippen LogP contribution in [0.2, 0.25) is 0 Å². The third kappa shape index (κ3) is 4.15. The summed E-state index contributed by atoms with van der Waals surface area (Å²) in [5.74, 6) is 0.983. The summed E-state index contributed by atoms with van der Waals surface area (Å²) in [7, 11) is 1.80. The zero-order valence-electron chi connectivity index (χ0n) is 19.7. The van der Waals surface area contributed by atoms with Gasteiger partial charge in [0, 0.05) is 61.1 Å². The van der Waals surface area contributed by atoms with Crippen LogP contribution in [0.15, 0.2) is 30.5 Å². The van der Waals surface area contributed by atoms with Crippen molar-refractivity contribution in [2.75, 3.05) is 29.9 Å². The SMILES string of the molecule is CC.CC1CN(c2cc(C3CC3)c3c(Nc4cc(F)c5nn(C)cc5c4)n[nH]c3c2)CCN1. The minimum atomic E-state index is -0.335. The van der Waals surface area contributed by atoms with Crippen LogP contribution in [0, 0.1) is 5.82 Å². The molecule has 1 aliphatic carbocycles. The van der Waals surface area contributed by atoms with Gasteiger partial charge in [-0.2, -0.15) is 10.2 Å². The molecular formula is C25H32FN7. The van der Waals surface area contributed by atoms with E-state index in [0.29, 0.717) is 23.2 Å². The highest BCUT2D eigenvalue weighted by atomic mass is 19.1. The molecule has 1 atom stereocenters. The number of rotatable bonds is 4. The van der Waals surface area contributed by atoms with E-state index in [9.17, 15) is 4.39 Å². The first-order valence-corrected chi connectivity index (χ1v) is 12.0. The number of H-pyrrole nitrogens is 1. The summed E-state index contributed by atoms with van der Waals surface area (Å²) in [6, 6.07) is 8.42. The topological polar surface area (TPSA) is 73.8 Å². The normalized spacial score (nSPS) is 18.5. The molecule has 2 fully saturated rings. The molecule has 0 amide bonds. The number of hydrogen-bond donors (Lipinski definition) is 3. The molecule has 8 heteroatoms. The molecule has 3 heterocycles. The van der Waals surface area contributed by atoms with Gasteiger partial charge >= 0.3 is 0 Å². The van der Waals surface area contributed by atoms with Gasteiger partial charge in [-0.1, -0.05) is 13.8 Å². The van der Waals surface area contributed by atoms with E-state index in [0.717, 1.165) is 41.7 Å². The molecule has 33 heavy (non-hydrogen) atoms. The summed E-state index contributed by atoms with van der Waals surface area (Å²) in [6.07, 6.45) is 4.23. The molecule has 0 radical (unpaired) electrons. The van der Waals surface area contributed by atoms with E-state index in [2.05, 4.69) is 49.9 Å². The second kappa shape index (κ2) is 8.67. The van der Waals surface area contributed by atoms with Crippen LogP contribution < -0.4 is 15.5 Å². The van der Waals surface area contributed by atoms with Crippen molar-refractivity contribution in [3.05, 3.63) is 41.8 Å². The maximum atomic E-state index is 14.6. The van der Waals surface area contributed by atoms with Crippen molar-refractivity contribution in [1.29, 1.82) is 0 Å². The average Bonchev–Trinajstić information content (AvgIpc) is 3.48. The Balaban J connectivity index is 0.00000111. The largest absolute Gasteiger partial charge is 0.369 e. The van der Waals surface area contributed by atoms with E-state index < -0.39 is 0 Å². The second-order valence-corrected chi connectivity index (χ2v) is 8.93. The predicted molar refractivity (Wildman–Crippen MR) is 133 cm³/mol. The van der Waals surface area contributed by atoms with Crippen molar-refractivity contribution >= 4 is 39.0 Å². The Morgan fingerprint density at radius 3 is 2.73 bits per heavy atom. The number of nitrogens with zero attached hydrogens (tertiary/aromatic N) is 4. The number of piperazine rings is 1. The highest BCUT2D eigenvalue weighted by Gasteiger charge is 2.29. The summed E-state index contributed by atoms with van der Waals surface area (Å²) < 4.78 is 16.2. The van der Waals surface area contributed by atoms with E-state index in [4.69, 9.17) is 0 Å². The summed E-state index contributed by atoms with van der Waals surface area (Å²) >= 11 is 0. The maximum Gasteiger partial charge on any atom is 0.160 e. The molecule has 0 spiro atoms. The van der Waals surface area contributed by atoms with E-state index in [1.54, 1.807) is 11.7 Å². The number of benzene rings is 2. The fraction of sp³-hybridized carbons (Fsp3) is 0.440.